The van der Waals surface area contributed by atoms with Crippen LogP contribution in [0.15, 0.2) is 0 Å². The standard InChI is InChI=1S/C9H18N2O/c1-6(2)7(3)11-8-4-9(12)10-5-8/h6-8,11H,4-5H2,1-3H3,(H,10,12). The molecular formula is C9H18N2O. The highest BCUT2D eigenvalue weighted by molar-refractivity contribution is 5.78. The van der Waals surface area contributed by atoms with Gasteiger partial charge in [-0.3, -0.25) is 4.79 Å². The van der Waals surface area contributed by atoms with E-state index >= 15 is 0 Å². The number of hydrogen-bond donors (Lipinski definition) is 2. The van der Waals surface area contributed by atoms with Crippen molar-refractivity contribution in [2.75, 3.05) is 6.54 Å². The number of carbonyl (C=O) groups excluding carboxylic acids is 1. The quantitative estimate of drug-likeness (QED) is 0.648. The molecule has 0 bridgehead atoms. The van der Waals surface area contributed by atoms with E-state index < -0.39 is 0 Å². The first-order valence-electron chi connectivity index (χ1n) is 4.62. The van der Waals surface area contributed by atoms with Gasteiger partial charge in [0.1, 0.15) is 0 Å². The Balaban J connectivity index is 2.27. The Morgan fingerprint density at radius 3 is 2.58 bits per heavy atom. The van der Waals surface area contributed by atoms with Gasteiger partial charge in [0.15, 0.2) is 0 Å². The summed E-state index contributed by atoms with van der Waals surface area (Å²) in [6.45, 7) is 7.31. The van der Waals surface area contributed by atoms with Gasteiger partial charge in [0.25, 0.3) is 0 Å². The van der Waals surface area contributed by atoms with Gasteiger partial charge in [-0.2, -0.15) is 0 Å². The molecule has 1 rings (SSSR count). The lowest BCUT2D eigenvalue weighted by molar-refractivity contribution is -0.119. The van der Waals surface area contributed by atoms with E-state index in [1.165, 1.54) is 0 Å². The lowest BCUT2D eigenvalue weighted by Gasteiger charge is -2.21. The second kappa shape index (κ2) is 3.90. The average molecular weight is 170 g/mol. The van der Waals surface area contributed by atoms with E-state index in [4.69, 9.17) is 0 Å². The molecule has 0 spiro atoms. The normalized spacial score (nSPS) is 26.0. The lowest BCUT2D eigenvalue weighted by Crippen LogP contribution is -2.40. The van der Waals surface area contributed by atoms with Crippen LogP contribution in [0.1, 0.15) is 27.2 Å². The zero-order chi connectivity index (χ0) is 9.14. The van der Waals surface area contributed by atoms with E-state index in [1.807, 2.05) is 0 Å². The smallest absolute Gasteiger partial charge is 0.221 e. The molecule has 2 atom stereocenters. The van der Waals surface area contributed by atoms with Gasteiger partial charge >= 0.3 is 0 Å². The van der Waals surface area contributed by atoms with E-state index in [0.717, 1.165) is 6.54 Å². The van der Waals surface area contributed by atoms with Crippen molar-refractivity contribution >= 4 is 5.91 Å². The predicted octanol–water partition coefficient (Wildman–Crippen LogP) is 0.509. The van der Waals surface area contributed by atoms with Crippen LogP contribution in [0.3, 0.4) is 0 Å². The van der Waals surface area contributed by atoms with Gasteiger partial charge in [-0.15, -0.1) is 0 Å². The van der Waals surface area contributed by atoms with Gasteiger partial charge in [-0.05, 0) is 12.8 Å². The van der Waals surface area contributed by atoms with Crippen LogP contribution in [0.2, 0.25) is 0 Å². The molecule has 3 heteroatoms. The summed E-state index contributed by atoms with van der Waals surface area (Å²) in [4.78, 5) is 10.9. The Kier molecular flexibility index (Phi) is 3.09. The van der Waals surface area contributed by atoms with Gasteiger partial charge in [0.05, 0.1) is 0 Å². The fourth-order valence-corrected chi connectivity index (χ4v) is 1.29. The van der Waals surface area contributed by atoms with Gasteiger partial charge in [0, 0.05) is 25.0 Å². The molecule has 70 valence electrons. The van der Waals surface area contributed by atoms with Gasteiger partial charge in [0.2, 0.25) is 5.91 Å². The molecule has 0 radical (unpaired) electrons. The first kappa shape index (κ1) is 9.52. The van der Waals surface area contributed by atoms with Gasteiger partial charge in [-0.25, -0.2) is 0 Å². The van der Waals surface area contributed by atoms with Crippen LogP contribution >= 0.6 is 0 Å². The van der Waals surface area contributed by atoms with E-state index in [1.54, 1.807) is 0 Å². The highest BCUT2D eigenvalue weighted by Gasteiger charge is 2.22. The third kappa shape index (κ3) is 2.48. The summed E-state index contributed by atoms with van der Waals surface area (Å²) in [5.41, 5.74) is 0. The molecule has 0 aliphatic carbocycles. The molecule has 1 fully saturated rings. The third-order valence-corrected chi connectivity index (χ3v) is 2.48. The molecule has 0 aromatic heterocycles. The van der Waals surface area contributed by atoms with Gasteiger partial charge < -0.3 is 10.6 Å². The van der Waals surface area contributed by atoms with Crippen molar-refractivity contribution in [3.63, 3.8) is 0 Å². The van der Waals surface area contributed by atoms with E-state index in [2.05, 4.69) is 31.4 Å². The van der Waals surface area contributed by atoms with Crippen LogP contribution in [0.4, 0.5) is 0 Å². The zero-order valence-electron chi connectivity index (χ0n) is 8.05. The number of hydrogen-bond acceptors (Lipinski definition) is 2. The maximum atomic E-state index is 10.9. The Morgan fingerprint density at radius 1 is 1.50 bits per heavy atom. The largest absolute Gasteiger partial charge is 0.354 e. The fraction of sp³-hybridized carbons (Fsp3) is 0.889. The molecule has 1 amide bonds. The van der Waals surface area contributed by atoms with E-state index in [9.17, 15) is 4.79 Å². The summed E-state index contributed by atoms with van der Waals surface area (Å²) >= 11 is 0. The maximum absolute atomic E-state index is 10.9. The Labute approximate surface area is 73.9 Å². The molecule has 1 aliphatic rings. The fourth-order valence-electron chi connectivity index (χ4n) is 1.29. The Morgan fingerprint density at radius 2 is 2.17 bits per heavy atom. The summed E-state index contributed by atoms with van der Waals surface area (Å²) in [7, 11) is 0. The maximum Gasteiger partial charge on any atom is 0.221 e. The zero-order valence-corrected chi connectivity index (χ0v) is 8.05. The molecular weight excluding hydrogens is 152 g/mol. The summed E-state index contributed by atoms with van der Waals surface area (Å²) in [5.74, 6) is 0.796. The van der Waals surface area contributed by atoms with Gasteiger partial charge in [-0.1, -0.05) is 13.8 Å². The highest BCUT2D eigenvalue weighted by Crippen LogP contribution is 2.05. The first-order chi connectivity index (χ1) is 5.59. The monoisotopic (exact) mass is 170 g/mol. The number of rotatable bonds is 3. The third-order valence-electron chi connectivity index (χ3n) is 2.48. The first-order valence-corrected chi connectivity index (χ1v) is 4.62. The summed E-state index contributed by atoms with van der Waals surface area (Å²) in [5, 5.41) is 6.24. The summed E-state index contributed by atoms with van der Waals surface area (Å²) in [6, 6.07) is 0.831. The van der Waals surface area contributed by atoms with Crippen molar-refractivity contribution in [2.24, 2.45) is 5.92 Å². The molecule has 1 aliphatic heterocycles. The molecule has 2 N–H and O–H groups in total. The highest BCUT2D eigenvalue weighted by atomic mass is 16.1. The minimum absolute atomic E-state index is 0.170. The molecule has 12 heavy (non-hydrogen) atoms. The van der Waals surface area contributed by atoms with Crippen molar-refractivity contribution in [2.45, 2.75) is 39.3 Å². The molecule has 1 heterocycles. The van der Waals surface area contributed by atoms with Crippen molar-refractivity contribution in [3.05, 3.63) is 0 Å². The molecule has 2 unspecified atom stereocenters. The SMILES string of the molecule is CC(C)C(C)NC1CNC(=O)C1. The van der Waals surface area contributed by atoms with E-state index in [0.29, 0.717) is 24.4 Å². The minimum atomic E-state index is 0.170. The minimum Gasteiger partial charge on any atom is -0.354 e. The Hall–Kier alpha value is -0.570. The van der Waals surface area contributed by atoms with Crippen LogP contribution in [0.5, 0.6) is 0 Å². The van der Waals surface area contributed by atoms with Crippen LogP contribution in [-0.2, 0) is 4.79 Å². The summed E-state index contributed by atoms with van der Waals surface area (Å²) < 4.78 is 0. The number of amides is 1. The molecule has 0 saturated carbocycles. The lowest BCUT2D eigenvalue weighted by atomic mass is 10.1. The molecule has 0 aromatic rings. The molecule has 3 nitrogen and oxygen atoms in total. The van der Waals surface area contributed by atoms with Crippen LogP contribution in [0, 0.1) is 5.92 Å². The second-order valence-electron chi connectivity index (χ2n) is 3.90. The van der Waals surface area contributed by atoms with Crippen LogP contribution in [-0.4, -0.2) is 24.5 Å². The molecule has 1 saturated heterocycles. The summed E-state index contributed by atoms with van der Waals surface area (Å²) in [6.07, 6.45) is 0.636. The second-order valence-corrected chi connectivity index (χ2v) is 3.90. The predicted molar refractivity (Wildman–Crippen MR) is 48.9 cm³/mol. The number of carbonyl (C=O) groups is 1. The topological polar surface area (TPSA) is 41.1 Å². The number of nitrogens with one attached hydrogen (secondary N) is 2. The van der Waals surface area contributed by atoms with Crippen molar-refractivity contribution < 1.29 is 4.79 Å². The van der Waals surface area contributed by atoms with Crippen molar-refractivity contribution in [3.8, 4) is 0 Å². The van der Waals surface area contributed by atoms with Crippen LogP contribution < -0.4 is 10.6 Å². The van der Waals surface area contributed by atoms with Crippen molar-refractivity contribution in [1.29, 1.82) is 0 Å². The van der Waals surface area contributed by atoms with Crippen molar-refractivity contribution in [1.82, 2.24) is 10.6 Å². The van der Waals surface area contributed by atoms with E-state index in [-0.39, 0.29) is 5.91 Å². The Bertz CT molecular complexity index is 168. The molecule has 0 aromatic carbocycles. The average Bonchev–Trinajstić information content (AvgIpc) is 2.35. The van der Waals surface area contributed by atoms with Crippen LogP contribution in [0.25, 0.3) is 0 Å².